The summed E-state index contributed by atoms with van der Waals surface area (Å²) >= 11 is 0. The van der Waals surface area contributed by atoms with Crippen molar-refractivity contribution < 1.29 is 9.47 Å². The van der Waals surface area contributed by atoms with Crippen LogP contribution in [0.15, 0.2) is 0 Å². The van der Waals surface area contributed by atoms with Crippen LogP contribution in [0.3, 0.4) is 0 Å². The first-order valence-electron chi connectivity index (χ1n) is 5.64. The first-order valence-corrected chi connectivity index (χ1v) is 5.64. The van der Waals surface area contributed by atoms with Gasteiger partial charge in [-0.05, 0) is 19.3 Å². The topological polar surface area (TPSA) is 21.7 Å². The van der Waals surface area contributed by atoms with Crippen molar-refractivity contribution in [2.24, 2.45) is 0 Å². The molecule has 0 radical (unpaired) electrons. The lowest BCUT2D eigenvalue weighted by molar-refractivity contribution is -0.308. The van der Waals surface area contributed by atoms with Gasteiger partial charge in [0, 0.05) is 33.7 Å². The van der Waals surface area contributed by atoms with Gasteiger partial charge in [0.1, 0.15) is 0 Å². The van der Waals surface area contributed by atoms with Gasteiger partial charge in [0.15, 0.2) is 0 Å². The van der Waals surface area contributed by atoms with E-state index < -0.39 is 5.91 Å². The zero-order valence-electron chi connectivity index (χ0n) is 9.71. The Morgan fingerprint density at radius 1 is 1.21 bits per heavy atom. The van der Waals surface area contributed by atoms with Gasteiger partial charge in [-0.15, -0.1) is 0 Å². The second-order valence-electron chi connectivity index (χ2n) is 3.92. The standard InChI is InChI=1S/C11H23NO2/c1-4-5-9-12-10-7-6-8-11(12,13-2)14-3/h4-10H2,1-3H3. The number of hydrogen-bond acceptors (Lipinski definition) is 3. The number of rotatable bonds is 5. The van der Waals surface area contributed by atoms with Gasteiger partial charge in [0.2, 0.25) is 5.91 Å². The Labute approximate surface area is 87.4 Å². The SMILES string of the molecule is CCCCN1CCCCC1(OC)OC. The second-order valence-corrected chi connectivity index (χ2v) is 3.92. The van der Waals surface area contributed by atoms with Crippen molar-refractivity contribution in [1.82, 2.24) is 4.90 Å². The fourth-order valence-corrected chi connectivity index (χ4v) is 2.16. The molecule has 1 saturated heterocycles. The molecule has 84 valence electrons. The summed E-state index contributed by atoms with van der Waals surface area (Å²) in [5.74, 6) is -0.437. The summed E-state index contributed by atoms with van der Waals surface area (Å²) in [6, 6.07) is 0. The molecule has 0 bridgehead atoms. The molecule has 0 aromatic carbocycles. The van der Waals surface area contributed by atoms with Crippen molar-refractivity contribution in [2.45, 2.75) is 44.9 Å². The van der Waals surface area contributed by atoms with Gasteiger partial charge < -0.3 is 9.47 Å². The molecule has 0 unspecified atom stereocenters. The third-order valence-corrected chi connectivity index (χ3v) is 3.07. The van der Waals surface area contributed by atoms with E-state index in [0.29, 0.717) is 0 Å². The summed E-state index contributed by atoms with van der Waals surface area (Å²) in [7, 11) is 3.49. The Morgan fingerprint density at radius 3 is 2.50 bits per heavy atom. The maximum absolute atomic E-state index is 5.54. The number of hydrogen-bond donors (Lipinski definition) is 0. The van der Waals surface area contributed by atoms with Crippen LogP contribution in [0, 0.1) is 0 Å². The maximum Gasteiger partial charge on any atom is 0.229 e. The number of nitrogens with zero attached hydrogens (tertiary/aromatic N) is 1. The fourth-order valence-electron chi connectivity index (χ4n) is 2.16. The van der Waals surface area contributed by atoms with E-state index in [1.165, 1.54) is 25.7 Å². The smallest absolute Gasteiger partial charge is 0.229 e. The van der Waals surface area contributed by atoms with Crippen LogP contribution in [0.5, 0.6) is 0 Å². The number of methoxy groups -OCH3 is 2. The first kappa shape index (κ1) is 12.0. The minimum absolute atomic E-state index is 0.437. The van der Waals surface area contributed by atoms with Crippen LogP contribution in [-0.4, -0.2) is 38.1 Å². The molecule has 0 saturated carbocycles. The maximum atomic E-state index is 5.54. The molecule has 1 fully saturated rings. The lowest BCUT2D eigenvalue weighted by atomic mass is 10.1. The van der Waals surface area contributed by atoms with Crippen molar-refractivity contribution >= 4 is 0 Å². The highest BCUT2D eigenvalue weighted by Gasteiger charge is 2.38. The number of likely N-dealkylation sites (tertiary alicyclic amines) is 1. The molecule has 14 heavy (non-hydrogen) atoms. The summed E-state index contributed by atoms with van der Waals surface area (Å²) < 4.78 is 11.1. The van der Waals surface area contributed by atoms with E-state index in [2.05, 4.69) is 11.8 Å². The predicted octanol–water partition coefficient (Wildman–Crippen LogP) is 2.22. The second kappa shape index (κ2) is 5.69. The molecule has 0 aromatic heterocycles. The number of piperidine rings is 1. The Bertz CT molecular complexity index is 157. The van der Waals surface area contributed by atoms with Crippen LogP contribution < -0.4 is 0 Å². The normalized spacial score (nSPS) is 22.5. The molecule has 0 aliphatic carbocycles. The van der Waals surface area contributed by atoms with Crippen LogP contribution in [0.4, 0.5) is 0 Å². The third kappa shape index (κ3) is 2.47. The van der Waals surface area contributed by atoms with Crippen molar-refractivity contribution in [1.29, 1.82) is 0 Å². The third-order valence-electron chi connectivity index (χ3n) is 3.07. The van der Waals surface area contributed by atoms with Crippen molar-refractivity contribution in [3.05, 3.63) is 0 Å². The highest BCUT2D eigenvalue weighted by Crippen LogP contribution is 2.29. The van der Waals surface area contributed by atoms with E-state index >= 15 is 0 Å². The lowest BCUT2D eigenvalue weighted by Crippen LogP contribution is -2.54. The van der Waals surface area contributed by atoms with E-state index in [4.69, 9.17) is 9.47 Å². The van der Waals surface area contributed by atoms with Crippen molar-refractivity contribution in [3.63, 3.8) is 0 Å². The zero-order chi connectivity index (χ0) is 10.4. The van der Waals surface area contributed by atoms with Gasteiger partial charge in [-0.25, -0.2) is 0 Å². The summed E-state index contributed by atoms with van der Waals surface area (Å²) in [5.41, 5.74) is 0. The molecule has 0 atom stereocenters. The van der Waals surface area contributed by atoms with Crippen LogP contribution >= 0.6 is 0 Å². The van der Waals surface area contributed by atoms with Crippen LogP contribution in [0.25, 0.3) is 0 Å². The van der Waals surface area contributed by atoms with Crippen molar-refractivity contribution in [3.8, 4) is 0 Å². The summed E-state index contributed by atoms with van der Waals surface area (Å²) in [5, 5.41) is 0. The molecule has 1 aliphatic rings. The Balaban J connectivity index is 2.56. The van der Waals surface area contributed by atoms with E-state index in [1.807, 2.05) is 0 Å². The largest absolute Gasteiger partial charge is 0.341 e. The Hall–Kier alpha value is -0.120. The minimum Gasteiger partial charge on any atom is -0.341 e. The van der Waals surface area contributed by atoms with Gasteiger partial charge in [0.25, 0.3) is 0 Å². The number of ether oxygens (including phenoxy) is 2. The lowest BCUT2D eigenvalue weighted by Gasteiger charge is -2.44. The molecular formula is C11H23NO2. The van der Waals surface area contributed by atoms with Gasteiger partial charge in [-0.3, -0.25) is 4.90 Å². The monoisotopic (exact) mass is 201 g/mol. The van der Waals surface area contributed by atoms with E-state index in [9.17, 15) is 0 Å². The fraction of sp³-hybridized carbons (Fsp3) is 1.00. The molecule has 1 aliphatic heterocycles. The Kier molecular flexibility index (Phi) is 4.85. The van der Waals surface area contributed by atoms with E-state index in [1.54, 1.807) is 14.2 Å². The molecule has 3 heteroatoms. The average Bonchev–Trinajstić information content (AvgIpc) is 2.26. The Morgan fingerprint density at radius 2 is 1.93 bits per heavy atom. The molecule has 0 aromatic rings. The summed E-state index contributed by atoms with van der Waals surface area (Å²) in [6.07, 6.45) is 5.89. The first-order chi connectivity index (χ1) is 6.79. The summed E-state index contributed by atoms with van der Waals surface area (Å²) in [6.45, 7) is 4.39. The van der Waals surface area contributed by atoms with E-state index in [0.717, 1.165) is 19.5 Å². The van der Waals surface area contributed by atoms with Gasteiger partial charge in [-0.1, -0.05) is 13.3 Å². The van der Waals surface area contributed by atoms with Gasteiger partial charge in [-0.2, -0.15) is 0 Å². The highest BCUT2D eigenvalue weighted by molar-refractivity contribution is 4.77. The zero-order valence-corrected chi connectivity index (χ0v) is 9.71. The quantitative estimate of drug-likeness (QED) is 0.637. The molecule has 1 rings (SSSR count). The summed E-state index contributed by atoms with van der Waals surface area (Å²) in [4.78, 5) is 2.33. The van der Waals surface area contributed by atoms with E-state index in [-0.39, 0.29) is 0 Å². The highest BCUT2D eigenvalue weighted by atomic mass is 16.7. The van der Waals surface area contributed by atoms with Crippen molar-refractivity contribution in [2.75, 3.05) is 27.3 Å². The molecule has 3 nitrogen and oxygen atoms in total. The minimum atomic E-state index is -0.437. The molecule has 0 amide bonds. The molecule has 0 spiro atoms. The average molecular weight is 201 g/mol. The van der Waals surface area contributed by atoms with Gasteiger partial charge >= 0.3 is 0 Å². The molecule has 0 N–H and O–H groups in total. The predicted molar refractivity (Wildman–Crippen MR) is 57.1 cm³/mol. The van der Waals surface area contributed by atoms with Gasteiger partial charge in [0.05, 0.1) is 0 Å². The number of unbranched alkanes of at least 4 members (excludes halogenated alkanes) is 1. The molecule has 1 heterocycles. The molecular weight excluding hydrogens is 178 g/mol. The van der Waals surface area contributed by atoms with Crippen LogP contribution in [-0.2, 0) is 9.47 Å². The van der Waals surface area contributed by atoms with Crippen LogP contribution in [0.1, 0.15) is 39.0 Å². The van der Waals surface area contributed by atoms with Crippen LogP contribution in [0.2, 0.25) is 0 Å².